The number of hydrogen-bond acceptors (Lipinski definition) is 2. The Morgan fingerprint density at radius 3 is 2.38 bits per heavy atom. The van der Waals surface area contributed by atoms with Gasteiger partial charge in [-0.1, -0.05) is 27.7 Å². The molecule has 0 aliphatic carbocycles. The maximum atomic E-state index is 11.6. The normalized spacial score (nSPS) is 11.1. The van der Waals surface area contributed by atoms with Crippen molar-refractivity contribution in [2.24, 2.45) is 11.8 Å². The smallest absolute Gasteiger partial charge is 0.223 e. The highest BCUT2D eigenvalue weighted by molar-refractivity contribution is 5.78. The van der Waals surface area contributed by atoms with Crippen LogP contribution in [-0.4, -0.2) is 25.7 Å². The van der Waals surface area contributed by atoms with Crippen molar-refractivity contribution >= 4 is 5.91 Å². The lowest BCUT2D eigenvalue weighted by Gasteiger charge is -2.12. The van der Waals surface area contributed by atoms with E-state index in [4.69, 9.17) is 4.74 Å². The van der Waals surface area contributed by atoms with Gasteiger partial charge in [-0.05, 0) is 25.2 Å². The Morgan fingerprint density at radius 2 is 1.88 bits per heavy atom. The fourth-order valence-corrected chi connectivity index (χ4v) is 1.51. The topological polar surface area (TPSA) is 38.3 Å². The number of carbonyl (C=O) groups excluding carboxylic acids is 1. The Bertz CT molecular complexity index is 177. The summed E-state index contributed by atoms with van der Waals surface area (Å²) < 4.78 is 5.44. The van der Waals surface area contributed by atoms with Crippen LogP contribution >= 0.6 is 0 Å². The van der Waals surface area contributed by atoms with Crippen LogP contribution in [-0.2, 0) is 9.53 Å². The van der Waals surface area contributed by atoms with Crippen LogP contribution in [0.4, 0.5) is 0 Å². The zero-order chi connectivity index (χ0) is 12.4. The number of carbonyl (C=O) groups is 1. The fraction of sp³-hybridized carbons (Fsp3) is 0.923. The lowest BCUT2D eigenvalue weighted by atomic mass is 10.0. The molecule has 0 aliphatic rings. The average Bonchev–Trinajstić information content (AvgIpc) is 2.24. The quantitative estimate of drug-likeness (QED) is 0.617. The first-order valence-corrected chi connectivity index (χ1v) is 6.47. The van der Waals surface area contributed by atoms with Gasteiger partial charge in [-0.25, -0.2) is 0 Å². The molecule has 0 saturated heterocycles. The summed E-state index contributed by atoms with van der Waals surface area (Å²) in [5.74, 6) is 0.949. The van der Waals surface area contributed by atoms with Crippen molar-refractivity contribution in [3.8, 4) is 0 Å². The number of amides is 1. The van der Waals surface area contributed by atoms with Gasteiger partial charge in [0.2, 0.25) is 5.91 Å². The van der Waals surface area contributed by atoms with Crippen LogP contribution in [0.25, 0.3) is 0 Å². The van der Waals surface area contributed by atoms with E-state index >= 15 is 0 Å². The van der Waals surface area contributed by atoms with Gasteiger partial charge in [-0.2, -0.15) is 0 Å². The molecule has 0 saturated carbocycles. The number of nitrogens with one attached hydrogen (secondary N) is 1. The van der Waals surface area contributed by atoms with E-state index in [9.17, 15) is 4.79 Å². The largest absolute Gasteiger partial charge is 0.381 e. The van der Waals surface area contributed by atoms with Crippen LogP contribution in [0.3, 0.4) is 0 Å². The highest BCUT2D eigenvalue weighted by Gasteiger charge is 2.12. The third-order valence-corrected chi connectivity index (χ3v) is 2.57. The Hall–Kier alpha value is -0.570. The van der Waals surface area contributed by atoms with Crippen LogP contribution < -0.4 is 5.32 Å². The Balaban J connectivity index is 3.40. The summed E-state index contributed by atoms with van der Waals surface area (Å²) in [6.45, 7) is 10.7. The van der Waals surface area contributed by atoms with Crippen molar-refractivity contribution in [3.05, 3.63) is 0 Å². The van der Waals surface area contributed by atoms with Gasteiger partial charge in [-0.3, -0.25) is 4.79 Å². The highest BCUT2D eigenvalue weighted by atomic mass is 16.5. The minimum Gasteiger partial charge on any atom is -0.381 e. The lowest BCUT2D eigenvalue weighted by molar-refractivity contribution is -0.125. The molecule has 0 aromatic carbocycles. The average molecular weight is 229 g/mol. The van der Waals surface area contributed by atoms with Crippen molar-refractivity contribution < 1.29 is 9.53 Å². The second-order valence-corrected chi connectivity index (χ2v) is 4.63. The van der Waals surface area contributed by atoms with Gasteiger partial charge in [0, 0.05) is 25.7 Å². The zero-order valence-electron chi connectivity index (χ0n) is 11.2. The van der Waals surface area contributed by atoms with E-state index in [1.807, 2.05) is 0 Å². The summed E-state index contributed by atoms with van der Waals surface area (Å²) in [6.07, 6.45) is 2.75. The Labute approximate surface area is 99.9 Å². The van der Waals surface area contributed by atoms with Crippen LogP contribution in [0, 0.1) is 11.8 Å². The van der Waals surface area contributed by atoms with Gasteiger partial charge in [0.15, 0.2) is 0 Å². The SMILES string of the molecule is CCC(CC)C(=O)NCCCOCC(C)C. The van der Waals surface area contributed by atoms with Gasteiger partial charge >= 0.3 is 0 Å². The molecule has 0 radical (unpaired) electrons. The minimum atomic E-state index is 0.177. The molecular formula is C13H27NO2. The second-order valence-electron chi connectivity index (χ2n) is 4.63. The number of rotatable bonds is 9. The summed E-state index contributed by atoms with van der Waals surface area (Å²) in [7, 11) is 0. The molecule has 1 amide bonds. The van der Waals surface area contributed by atoms with E-state index in [1.165, 1.54) is 0 Å². The van der Waals surface area contributed by atoms with Crippen molar-refractivity contribution in [2.75, 3.05) is 19.8 Å². The standard InChI is InChI=1S/C13H27NO2/c1-5-12(6-2)13(15)14-8-7-9-16-10-11(3)4/h11-12H,5-10H2,1-4H3,(H,14,15). The molecular weight excluding hydrogens is 202 g/mol. The summed E-state index contributed by atoms with van der Waals surface area (Å²) in [5.41, 5.74) is 0. The molecule has 16 heavy (non-hydrogen) atoms. The van der Waals surface area contributed by atoms with Crippen molar-refractivity contribution in [2.45, 2.75) is 47.0 Å². The van der Waals surface area contributed by atoms with Crippen LogP contribution in [0.15, 0.2) is 0 Å². The van der Waals surface area contributed by atoms with E-state index in [1.54, 1.807) is 0 Å². The van der Waals surface area contributed by atoms with Crippen LogP contribution in [0.1, 0.15) is 47.0 Å². The molecule has 0 rings (SSSR count). The van der Waals surface area contributed by atoms with E-state index in [0.717, 1.165) is 39.0 Å². The molecule has 0 aromatic rings. The Kier molecular flexibility index (Phi) is 9.30. The summed E-state index contributed by atoms with van der Waals surface area (Å²) in [4.78, 5) is 11.6. The third-order valence-electron chi connectivity index (χ3n) is 2.57. The van der Waals surface area contributed by atoms with Crippen molar-refractivity contribution in [3.63, 3.8) is 0 Å². The van der Waals surface area contributed by atoms with Crippen molar-refractivity contribution in [1.29, 1.82) is 0 Å². The summed E-state index contributed by atoms with van der Waals surface area (Å²) >= 11 is 0. The van der Waals surface area contributed by atoms with Gasteiger partial charge in [0.05, 0.1) is 0 Å². The molecule has 0 fully saturated rings. The van der Waals surface area contributed by atoms with Gasteiger partial charge in [0.1, 0.15) is 0 Å². The molecule has 0 heterocycles. The molecule has 0 bridgehead atoms. The van der Waals surface area contributed by atoms with Crippen LogP contribution in [0.5, 0.6) is 0 Å². The van der Waals surface area contributed by atoms with E-state index in [0.29, 0.717) is 5.92 Å². The first-order valence-electron chi connectivity index (χ1n) is 6.47. The van der Waals surface area contributed by atoms with Gasteiger partial charge in [-0.15, -0.1) is 0 Å². The summed E-state index contributed by atoms with van der Waals surface area (Å²) in [5, 5.41) is 2.95. The first kappa shape index (κ1) is 15.4. The second kappa shape index (κ2) is 9.64. The number of ether oxygens (including phenoxy) is 1. The molecule has 0 unspecified atom stereocenters. The van der Waals surface area contributed by atoms with E-state index in [2.05, 4.69) is 33.0 Å². The Morgan fingerprint density at radius 1 is 1.25 bits per heavy atom. The molecule has 0 atom stereocenters. The maximum absolute atomic E-state index is 11.6. The fourth-order valence-electron chi connectivity index (χ4n) is 1.51. The van der Waals surface area contributed by atoms with Crippen LogP contribution in [0.2, 0.25) is 0 Å². The molecule has 3 heteroatoms. The molecule has 3 nitrogen and oxygen atoms in total. The predicted molar refractivity (Wildman–Crippen MR) is 67.4 cm³/mol. The minimum absolute atomic E-state index is 0.177. The summed E-state index contributed by atoms with van der Waals surface area (Å²) in [6, 6.07) is 0. The van der Waals surface area contributed by atoms with E-state index in [-0.39, 0.29) is 11.8 Å². The lowest BCUT2D eigenvalue weighted by Crippen LogP contribution is -2.31. The van der Waals surface area contributed by atoms with Gasteiger partial charge in [0.25, 0.3) is 0 Å². The highest BCUT2D eigenvalue weighted by Crippen LogP contribution is 2.06. The zero-order valence-corrected chi connectivity index (χ0v) is 11.2. The molecule has 0 aromatic heterocycles. The first-order chi connectivity index (χ1) is 7.61. The third kappa shape index (κ3) is 7.69. The monoisotopic (exact) mass is 229 g/mol. The predicted octanol–water partition coefficient (Wildman–Crippen LogP) is 2.60. The maximum Gasteiger partial charge on any atom is 0.223 e. The molecule has 0 spiro atoms. The van der Waals surface area contributed by atoms with Gasteiger partial charge < -0.3 is 10.1 Å². The van der Waals surface area contributed by atoms with E-state index < -0.39 is 0 Å². The molecule has 0 aliphatic heterocycles. The van der Waals surface area contributed by atoms with Crippen molar-refractivity contribution in [1.82, 2.24) is 5.32 Å². The molecule has 1 N–H and O–H groups in total. The number of hydrogen-bond donors (Lipinski definition) is 1. The molecule has 96 valence electrons.